The summed E-state index contributed by atoms with van der Waals surface area (Å²) in [6.45, 7) is 4.02. The van der Waals surface area contributed by atoms with Crippen LogP contribution in [-0.2, 0) is 0 Å². The SMILES string of the molecule is COc1ccc(-c2nc(-c3ncccc3C)co2)c(C)c1. The second-order valence-corrected chi connectivity index (χ2v) is 4.89. The van der Waals surface area contributed by atoms with Gasteiger partial charge in [0.05, 0.1) is 12.8 Å². The Balaban J connectivity index is 2.01. The van der Waals surface area contributed by atoms with E-state index >= 15 is 0 Å². The van der Waals surface area contributed by atoms with Gasteiger partial charge in [0.1, 0.15) is 17.7 Å². The topological polar surface area (TPSA) is 48.2 Å². The van der Waals surface area contributed by atoms with Crippen LogP contribution in [0, 0.1) is 13.8 Å². The van der Waals surface area contributed by atoms with Gasteiger partial charge in [-0.3, -0.25) is 4.98 Å². The molecule has 0 aliphatic rings. The first-order valence-corrected chi connectivity index (χ1v) is 6.71. The quantitative estimate of drug-likeness (QED) is 0.726. The van der Waals surface area contributed by atoms with E-state index in [1.54, 1.807) is 19.6 Å². The molecule has 0 radical (unpaired) electrons. The number of ether oxygens (including phenoxy) is 1. The van der Waals surface area contributed by atoms with E-state index < -0.39 is 0 Å². The fourth-order valence-corrected chi connectivity index (χ4v) is 2.26. The van der Waals surface area contributed by atoms with Crippen LogP contribution in [0.3, 0.4) is 0 Å². The number of pyridine rings is 1. The third kappa shape index (κ3) is 2.52. The van der Waals surface area contributed by atoms with Crippen LogP contribution in [0.5, 0.6) is 5.75 Å². The maximum absolute atomic E-state index is 5.62. The van der Waals surface area contributed by atoms with Gasteiger partial charge in [-0.25, -0.2) is 4.98 Å². The van der Waals surface area contributed by atoms with Crippen molar-refractivity contribution in [2.75, 3.05) is 7.11 Å². The number of rotatable bonds is 3. The number of hydrogen-bond donors (Lipinski definition) is 0. The van der Waals surface area contributed by atoms with Crippen molar-refractivity contribution in [2.45, 2.75) is 13.8 Å². The van der Waals surface area contributed by atoms with E-state index in [0.717, 1.165) is 33.8 Å². The summed E-state index contributed by atoms with van der Waals surface area (Å²) >= 11 is 0. The van der Waals surface area contributed by atoms with Gasteiger partial charge in [-0.05, 0) is 49.2 Å². The molecule has 2 heterocycles. The minimum absolute atomic E-state index is 0.593. The van der Waals surface area contributed by atoms with Crippen LogP contribution in [0.2, 0.25) is 0 Å². The van der Waals surface area contributed by atoms with E-state index in [9.17, 15) is 0 Å². The molecule has 0 amide bonds. The smallest absolute Gasteiger partial charge is 0.226 e. The Bertz CT molecular complexity index is 778. The summed E-state index contributed by atoms with van der Waals surface area (Å²) in [6.07, 6.45) is 3.41. The number of oxazole rings is 1. The third-order valence-electron chi connectivity index (χ3n) is 3.42. The first-order chi connectivity index (χ1) is 10.2. The standard InChI is InChI=1S/C17H16N2O2/c1-11-5-4-8-18-16(11)15-10-21-17(19-15)14-7-6-13(20-3)9-12(14)2/h4-10H,1-3H3. The molecule has 0 N–H and O–H groups in total. The van der Waals surface area contributed by atoms with Gasteiger partial charge in [-0.15, -0.1) is 0 Å². The molecule has 0 spiro atoms. The zero-order valence-corrected chi connectivity index (χ0v) is 12.3. The average Bonchev–Trinajstić information content (AvgIpc) is 2.97. The van der Waals surface area contributed by atoms with Gasteiger partial charge in [-0.1, -0.05) is 6.07 Å². The van der Waals surface area contributed by atoms with Crippen molar-refractivity contribution >= 4 is 0 Å². The number of aryl methyl sites for hydroxylation is 2. The van der Waals surface area contributed by atoms with Gasteiger partial charge in [-0.2, -0.15) is 0 Å². The van der Waals surface area contributed by atoms with Crippen LogP contribution >= 0.6 is 0 Å². The summed E-state index contributed by atoms with van der Waals surface area (Å²) in [5.74, 6) is 1.42. The highest BCUT2D eigenvalue weighted by Gasteiger charge is 2.13. The number of benzene rings is 1. The van der Waals surface area contributed by atoms with Crippen LogP contribution in [0.15, 0.2) is 47.2 Å². The molecule has 0 fully saturated rings. The van der Waals surface area contributed by atoms with Crippen molar-refractivity contribution in [1.29, 1.82) is 0 Å². The van der Waals surface area contributed by atoms with Crippen molar-refractivity contribution in [2.24, 2.45) is 0 Å². The van der Waals surface area contributed by atoms with Crippen LogP contribution in [-0.4, -0.2) is 17.1 Å². The van der Waals surface area contributed by atoms with Crippen LogP contribution in [0.4, 0.5) is 0 Å². The Morgan fingerprint density at radius 3 is 2.67 bits per heavy atom. The molecule has 3 rings (SSSR count). The molecule has 0 saturated heterocycles. The normalized spacial score (nSPS) is 10.6. The summed E-state index contributed by atoms with van der Waals surface area (Å²) in [5, 5.41) is 0. The maximum atomic E-state index is 5.62. The molecule has 0 unspecified atom stereocenters. The lowest BCUT2D eigenvalue weighted by Gasteiger charge is -2.04. The van der Waals surface area contributed by atoms with Crippen molar-refractivity contribution in [3.05, 3.63) is 53.9 Å². The van der Waals surface area contributed by atoms with E-state index in [1.165, 1.54) is 0 Å². The van der Waals surface area contributed by atoms with Gasteiger partial charge in [0.15, 0.2) is 0 Å². The predicted octanol–water partition coefficient (Wildman–Crippen LogP) is 4.03. The van der Waals surface area contributed by atoms with Gasteiger partial charge < -0.3 is 9.15 Å². The van der Waals surface area contributed by atoms with Gasteiger partial charge >= 0.3 is 0 Å². The molecule has 1 aromatic carbocycles. The van der Waals surface area contributed by atoms with E-state index in [2.05, 4.69) is 9.97 Å². The molecular formula is C17H16N2O2. The number of nitrogens with zero attached hydrogens (tertiary/aromatic N) is 2. The fourth-order valence-electron chi connectivity index (χ4n) is 2.26. The van der Waals surface area contributed by atoms with E-state index in [-0.39, 0.29) is 0 Å². The molecule has 21 heavy (non-hydrogen) atoms. The Morgan fingerprint density at radius 2 is 1.95 bits per heavy atom. The first-order valence-electron chi connectivity index (χ1n) is 6.71. The number of aromatic nitrogens is 2. The molecule has 0 atom stereocenters. The molecule has 106 valence electrons. The maximum Gasteiger partial charge on any atom is 0.226 e. The van der Waals surface area contributed by atoms with Gasteiger partial charge in [0.25, 0.3) is 0 Å². The Labute approximate surface area is 123 Å². The molecule has 4 nitrogen and oxygen atoms in total. The van der Waals surface area contributed by atoms with E-state index in [0.29, 0.717) is 5.89 Å². The second-order valence-electron chi connectivity index (χ2n) is 4.89. The van der Waals surface area contributed by atoms with Crippen molar-refractivity contribution in [1.82, 2.24) is 9.97 Å². The van der Waals surface area contributed by atoms with Gasteiger partial charge in [0, 0.05) is 11.8 Å². The molecule has 0 aliphatic heterocycles. The zero-order chi connectivity index (χ0) is 14.8. The number of methoxy groups -OCH3 is 1. The van der Waals surface area contributed by atoms with E-state index in [1.807, 2.05) is 44.2 Å². The molecule has 3 aromatic rings. The second kappa shape index (κ2) is 5.40. The Hall–Kier alpha value is -2.62. The first kappa shape index (κ1) is 13.4. The van der Waals surface area contributed by atoms with Crippen molar-refractivity contribution < 1.29 is 9.15 Å². The van der Waals surface area contributed by atoms with Crippen LogP contribution in [0.1, 0.15) is 11.1 Å². The molecule has 4 heteroatoms. The summed E-state index contributed by atoms with van der Waals surface area (Å²) in [5.41, 5.74) is 4.68. The summed E-state index contributed by atoms with van der Waals surface area (Å²) in [6, 6.07) is 9.74. The largest absolute Gasteiger partial charge is 0.497 e. The highest BCUT2D eigenvalue weighted by Crippen LogP contribution is 2.29. The monoisotopic (exact) mass is 280 g/mol. The molecule has 0 aliphatic carbocycles. The average molecular weight is 280 g/mol. The summed E-state index contributed by atoms with van der Waals surface area (Å²) in [7, 11) is 1.65. The Kier molecular flexibility index (Phi) is 3.44. The van der Waals surface area contributed by atoms with Crippen LogP contribution in [0.25, 0.3) is 22.8 Å². The van der Waals surface area contributed by atoms with Gasteiger partial charge in [0.2, 0.25) is 5.89 Å². The predicted molar refractivity (Wildman–Crippen MR) is 81.2 cm³/mol. The van der Waals surface area contributed by atoms with E-state index in [4.69, 9.17) is 9.15 Å². The van der Waals surface area contributed by atoms with Crippen molar-refractivity contribution in [3.8, 4) is 28.6 Å². The zero-order valence-electron chi connectivity index (χ0n) is 12.3. The molecule has 0 saturated carbocycles. The highest BCUT2D eigenvalue weighted by atomic mass is 16.5. The summed E-state index contributed by atoms with van der Waals surface area (Å²) in [4.78, 5) is 8.92. The minimum Gasteiger partial charge on any atom is -0.497 e. The fraction of sp³-hybridized carbons (Fsp3) is 0.176. The lowest BCUT2D eigenvalue weighted by atomic mass is 10.1. The van der Waals surface area contributed by atoms with Crippen molar-refractivity contribution in [3.63, 3.8) is 0 Å². The highest BCUT2D eigenvalue weighted by molar-refractivity contribution is 5.65. The molecule has 0 bridgehead atoms. The summed E-state index contributed by atoms with van der Waals surface area (Å²) < 4.78 is 10.8. The minimum atomic E-state index is 0.593. The lowest BCUT2D eigenvalue weighted by Crippen LogP contribution is -1.89. The Morgan fingerprint density at radius 1 is 1.10 bits per heavy atom. The van der Waals surface area contributed by atoms with Crippen LogP contribution < -0.4 is 4.74 Å². The lowest BCUT2D eigenvalue weighted by molar-refractivity contribution is 0.414. The number of hydrogen-bond acceptors (Lipinski definition) is 4. The molecular weight excluding hydrogens is 264 g/mol. The molecule has 2 aromatic heterocycles. The third-order valence-corrected chi connectivity index (χ3v) is 3.42.